The summed E-state index contributed by atoms with van der Waals surface area (Å²) in [6, 6.07) is 0. The van der Waals surface area contributed by atoms with Crippen molar-refractivity contribution >= 4 is 0 Å². The molecule has 0 aromatic carbocycles. The van der Waals surface area contributed by atoms with E-state index >= 15 is 0 Å². The highest BCUT2D eigenvalue weighted by Crippen LogP contribution is 2.19. The number of hydrogen-bond acceptors (Lipinski definition) is 1. The van der Waals surface area contributed by atoms with E-state index in [9.17, 15) is 4.39 Å². The molecule has 2 heteroatoms. The predicted octanol–water partition coefficient (Wildman–Crippen LogP) is 2.37. The summed E-state index contributed by atoms with van der Waals surface area (Å²) in [4.78, 5) is 2.21. The summed E-state index contributed by atoms with van der Waals surface area (Å²) in [5.41, 5.74) is 0.942. The van der Waals surface area contributed by atoms with Gasteiger partial charge in [0.25, 0.3) is 0 Å². The number of nitrogens with zero attached hydrogens (tertiary/aromatic N) is 1. The van der Waals surface area contributed by atoms with Crippen LogP contribution in [0.5, 0.6) is 0 Å². The predicted molar refractivity (Wildman–Crippen MR) is 49.6 cm³/mol. The van der Waals surface area contributed by atoms with E-state index in [2.05, 4.69) is 18.4 Å². The van der Waals surface area contributed by atoms with E-state index in [1.807, 2.05) is 0 Å². The molecule has 0 N–H and O–H groups in total. The summed E-state index contributed by atoms with van der Waals surface area (Å²) >= 11 is 0. The van der Waals surface area contributed by atoms with Crippen LogP contribution in [0.4, 0.5) is 4.39 Å². The summed E-state index contributed by atoms with van der Waals surface area (Å²) in [7, 11) is 0. The van der Waals surface area contributed by atoms with Gasteiger partial charge in [-0.05, 0) is 18.4 Å². The highest BCUT2D eigenvalue weighted by molar-refractivity contribution is 5.14. The molecule has 0 amide bonds. The van der Waals surface area contributed by atoms with Crippen LogP contribution in [0.2, 0.25) is 0 Å². The Kier molecular flexibility index (Phi) is 3.32. The van der Waals surface area contributed by atoms with E-state index < -0.39 is 6.67 Å². The van der Waals surface area contributed by atoms with E-state index in [4.69, 9.17) is 0 Å². The van der Waals surface area contributed by atoms with Crippen molar-refractivity contribution in [1.82, 2.24) is 4.90 Å². The van der Waals surface area contributed by atoms with Gasteiger partial charge in [-0.25, -0.2) is 4.39 Å². The molecule has 0 unspecified atom stereocenters. The van der Waals surface area contributed by atoms with Crippen LogP contribution in [-0.2, 0) is 0 Å². The smallest absolute Gasteiger partial charge is 0.108 e. The van der Waals surface area contributed by atoms with Gasteiger partial charge < -0.3 is 4.90 Å². The molecule has 0 spiro atoms. The zero-order chi connectivity index (χ0) is 8.97. The first-order valence-electron chi connectivity index (χ1n) is 4.40. The molecule has 1 atom stereocenters. The zero-order valence-corrected chi connectivity index (χ0v) is 7.59. The van der Waals surface area contributed by atoms with E-state index in [0.29, 0.717) is 0 Å². The fourth-order valence-electron chi connectivity index (χ4n) is 1.48. The van der Waals surface area contributed by atoms with Gasteiger partial charge in [-0.15, -0.1) is 0 Å². The van der Waals surface area contributed by atoms with Crippen molar-refractivity contribution < 1.29 is 4.39 Å². The molecule has 0 saturated carbocycles. The maximum absolute atomic E-state index is 11.8. The van der Waals surface area contributed by atoms with E-state index in [1.165, 1.54) is 12.5 Å². The minimum Gasteiger partial charge on any atom is -0.372 e. The average molecular weight is 169 g/mol. The Morgan fingerprint density at radius 1 is 1.75 bits per heavy atom. The Labute approximate surface area is 73.6 Å². The third-order valence-corrected chi connectivity index (χ3v) is 2.23. The molecule has 1 rings (SSSR count). The number of hydrogen-bond donors (Lipinski definition) is 0. The molecule has 1 aliphatic rings. The number of rotatable bonds is 3. The van der Waals surface area contributed by atoms with Crippen molar-refractivity contribution in [3.05, 3.63) is 24.4 Å². The lowest BCUT2D eigenvalue weighted by molar-refractivity contribution is 0.424. The van der Waals surface area contributed by atoms with Gasteiger partial charge in [-0.3, -0.25) is 0 Å². The summed E-state index contributed by atoms with van der Waals surface area (Å²) in [6.45, 7) is 7.84. The quantitative estimate of drug-likeness (QED) is 0.586. The van der Waals surface area contributed by atoms with Crippen LogP contribution in [0.15, 0.2) is 24.4 Å². The minimum atomic E-state index is -0.400. The van der Waals surface area contributed by atoms with Crippen LogP contribution in [0, 0.1) is 5.92 Å². The van der Waals surface area contributed by atoms with Crippen LogP contribution in [0.1, 0.15) is 13.3 Å². The molecule has 68 valence electrons. The third-order valence-electron chi connectivity index (χ3n) is 2.23. The number of alkyl halides is 1. The SMILES string of the molecule is C=C(/C=C/CF)N1CC[C@H](C)C1. The number of allylic oxidation sites excluding steroid dienone is 2. The van der Waals surface area contributed by atoms with E-state index in [-0.39, 0.29) is 0 Å². The molecule has 1 nitrogen and oxygen atoms in total. The van der Waals surface area contributed by atoms with Crippen molar-refractivity contribution in [1.29, 1.82) is 0 Å². The van der Waals surface area contributed by atoms with E-state index in [0.717, 1.165) is 24.7 Å². The molecule has 1 heterocycles. The molecule has 0 aromatic heterocycles. The van der Waals surface area contributed by atoms with Crippen LogP contribution in [0.25, 0.3) is 0 Å². The third kappa shape index (κ3) is 2.36. The molecule has 1 saturated heterocycles. The Morgan fingerprint density at radius 3 is 3.00 bits per heavy atom. The number of likely N-dealkylation sites (tertiary alicyclic amines) is 1. The second-order valence-corrected chi connectivity index (χ2v) is 3.39. The normalized spacial score (nSPS) is 23.8. The van der Waals surface area contributed by atoms with Crippen LogP contribution < -0.4 is 0 Å². The molecular formula is C10H16FN. The minimum absolute atomic E-state index is 0.400. The summed E-state index contributed by atoms with van der Waals surface area (Å²) in [6.07, 6.45) is 4.49. The molecule has 1 fully saturated rings. The Bertz CT molecular complexity index is 186. The van der Waals surface area contributed by atoms with Crippen LogP contribution >= 0.6 is 0 Å². The second-order valence-electron chi connectivity index (χ2n) is 3.39. The van der Waals surface area contributed by atoms with Crippen molar-refractivity contribution in [3.63, 3.8) is 0 Å². The summed E-state index contributed by atoms with van der Waals surface area (Å²) in [5.74, 6) is 0.750. The second kappa shape index (κ2) is 4.29. The lowest BCUT2D eigenvalue weighted by Crippen LogP contribution is -2.17. The average Bonchev–Trinajstić information content (AvgIpc) is 2.47. The molecule has 0 aromatic rings. The summed E-state index contributed by atoms with van der Waals surface area (Å²) < 4.78 is 11.8. The van der Waals surface area contributed by atoms with Crippen molar-refractivity contribution in [2.75, 3.05) is 19.8 Å². The van der Waals surface area contributed by atoms with Crippen molar-refractivity contribution in [3.8, 4) is 0 Å². The highest BCUT2D eigenvalue weighted by atomic mass is 19.1. The Hall–Kier alpha value is -0.790. The first kappa shape index (κ1) is 9.30. The van der Waals surface area contributed by atoms with E-state index in [1.54, 1.807) is 6.08 Å². The van der Waals surface area contributed by atoms with Gasteiger partial charge in [0, 0.05) is 18.8 Å². The monoisotopic (exact) mass is 169 g/mol. The van der Waals surface area contributed by atoms with Crippen molar-refractivity contribution in [2.24, 2.45) is 5.92 Å². The van der Waals surface area contributed by atoms with Gasteiger partial charge >= 0.3 is 0 Å². The molecule has 0 aliphatic carbocycles. The lowest BCUT2D eigenvalue weighted by atomic mass is 10.2. The molecule has 1 aliphatic heterocycles. The topological polar surface area (TPSA) is 3.24 Å². The first-order chi connectivity index (χ1) is 5.74. The molecular weight excluding hydrogens is 153 g/mol. The van der Waals surface area contributed by atoms with Gasteiger partial charge in [0.2, 0.25) is 0 Å². The van der Waals surface area contributed by atoms with Gasteiger partial charge in [0.15, 0.2) is 0 Å². The largest absolute Gasteiger partial charge is 0.372 e. The van der Waals surface area contributed by atoms with Gasteiger partial charge in [-0.1, -0.05) is 19.6 Å². The van der Waals surface area contributed by atoms with Crippen LogP contribution in [0.3, 0.4) is 0 Å². The maximum Gasteiger partial charge on any atom is 0.108 e. The first-order valence-corrected chi connectivity index (χ1v) is 4.40. The van der Waals surface area contributed by atoms with Gasteiger partial charge in [0.1, 0.15) is 6.67 Å². The molecule has 12 heavy (non-hydrogen) atoms. The Morgan fingerprint density at radius 2 is 2.50 bits per heavy atom. The van der Waals surface area contributed by atoms with Crippen LogP contribution in [-0.4, -0.2) is 24.7 Å². The van der Waals surface area contributed by atoms with Gasteiger partial charge in [0.05, 0.1) is 0 Å². The highest BCUT2D eigenvalue weighted by Gasteiger charge is 2.17. The lowest BCUT2D eigenvalue weighted by Gasteiger charge is -2.17. The number of halogens is 1. The summed E-state index contributed by atoms with van der Waals surface area (Å²) in [5, 5.41) is 0. The molecule has 0 radical (unpaired) electrons. The molecule has 0 bridgehead atoms. The van der Waals surface area contributed by atoms with Crippen molar-refractivity contribution in [2.45, 2.75) is 13.3 Å². The zero-order valence-electron chi connectivity index (χ0n) is 7.59. The standard InChI is InChI=1S/C10H16FN/c1-9-5-7-12(8-9)10(2)4-3-6-11/h3-4,9H,2,5-8H2,1H3/b4-3+/t9-/m0/s1. The fraction of sp³-hybridized carbons (Fsp3) is 0.600. The van der Waals surface area contributed by atoms with Gasteiger partial charge in [-0.2, -0.15) is 0 Å². The Balaban J connectivity index is 2.38. The maximum atomic E-state index is 11.8. The fourth-order valence-corrected chi connectivity index (χ4v) is 1.48.